The van der Waals surface area contributed by atoms with Crippen LogP contribution in [0.1, 0.15) is 12.5 Å². The Balaban J connectivity index is 1.97. The third-order valence-electron chi connectivity index (χ3n) is 4.85. The summed E-state index contributed by atoms with van der Waals surface area (Å²) in [6.07, 6.45) is -1.54. The number of hydrogen-bond acceptors (Lipinski definition) is 8. The molecule has 0 aromatic heterocycles. The maximum Gasteiger partial charge on any atom is 0.132 e. The van der Waals surface area contributed by atoms with Crippen molar-refractivity contribution in [2.45, 2.75) is 59.4 Å². The molecule has 154 valence electrons. The second kappa shape index (κ2) is 10.5. The fourth-order valence-corrected chi connectivity index (χ4v) is 4.75. The monoisotopic (exact) mass is 416 g/mol. The molecule has 6 nitrogen and oxygen atoms in total. The number of ether oxygens (including phenoxy) is 1. The molecule has 0 unspecified atom stereocenters. The van der Waals surface area contributed by atoms with E-state index in [1.54, 1.807) is 18.0 Å². The molecule has 1 aliphatic rings. The van der Waals surface area contributed by atoms with Crippen molar-refractivity contribution in [1.82, 2.24) is 4.90 Å². The quantitative estimate of drug-likeness (QED) is 0.461. The molecule has 0 radical (unpaired) electrons. The van der Waals surface area contributed by atoms with Gasteiger partial charge in [0.05, 0.1) is 0 Å². The van der Waals surface area contributed by atoms with Crippen LogP contribution in [-0.4, -0.2) is 88.3 Å². The molecule has 0 bridgehead atoms. The Hall–Kier alpha value is -0.320. The molecule has 0 amide bonds. The molecule has 1 saturated heterocycles. The van der Waals surface area contributed by atoms with E-state index in [0.717, 1.165) is 17.9 Å². The summed E-state index contributed by atoms with van der Waals surface area (Å²) >= 11 is 2.91. The van der Waals surface area contributed by atoms with Crippen LogP contribution in [-0.2, 0) is 11.2 Å². The first-order chi connectivity index (χ1) is 12.7. The topological polar surface area (TPSA) is 99.2 Å². The second-order valence-corrected chi connectivity index (χ2v) is 9.66. The number of likely N-dealkylation sites (N-methyl/N-ethyl adjacent to an activating group) is 1. The molecule has 0 aliphatic carbocycles. The van der Waals surface area contributed by atoms with E-state index in [1.165, 1.54) is 17.3 Å². The van der Waals surface area contributed by atoms with Gasteiger partial charge in [-0.25, -0.2) is 0 Å². The fraction of sp³-hybridized carbons (Fsp3) is 0.684. The third-order valence-corrected chi connectivity index (χ3v) is 6.94. The summed E-state index contributed by atoms with van der Waals surface area (Å²) in [7, 11) is 4.12. The molecular weight excluding hydrogens is 384 g/mol. The third kappa shape index (κ3) is 6.08. The van der Waals surface area contributed by atoms with E-state index < -0.39 is 35.9 Å². The minimum absolute atomic E-state index is 0.0396. The Morgan fingerprint density at radius 3 is 2.30 bits per heavy atom. The fourth-order valence-electron chi connectivity index (χ4n) is 3.03. The lowest BCUT2D eigenvalue weighted by Gasteiger charge is -2.43. The number of aliphatic hydroxyl groups is 3. The SMILES string of the molecule is CS[C@H]1O[C@H]([C@H](N)[C@H](C)Sc2ccc(CCN(C)C)cc2)[C@H](O)[C@H](O)[C@H]1O. The Kier molecular flexibility index (Phi) is 8.89. The van der Waals surface area contributed by atoms with E-state index in [2.05, 4.69) is 43.3 Å². The van der Waals surface area contributed by atoms with Crippen molar-refractivity contribution in [1.29, 1.82) is 0 Å². The molecule has 0 spiro atoms. The van der Waals surface area contributed by atoms with Crippen LogP contribution < -0.4 is 5.73 Å². The Morgan fingerprint density at radius 1 is 1.11 bits per heavy atom. The predicted octanol–water partition coefficient (Wildman–Crippen LogP) is 0.769. The number of nitrogens with two attached hydrogens (primary N) is 1. The van der Waals surface area contributed by atoms with Crippen molar-refractivity contribution < 1.29 is 20.1 Å². The molecule has 1 aromatic rings. The van der Waals surface area contributed by atoms with Gasteiger partial charge in [0.15, 0.2) is 0 Å². The highest BCUT2D eigenvalue weighted by molar-refractivity contribution is 8.00. The van der Waals surface area contributed by atoms with Gasteiger partial charge in [0.25, 0.3) is 0 Å². The molecule has 7 atom stereocenters. The molecule has 5 N–H and O–H groups in total. The maximum atomic E-state index is 10.3. The predicted molar refractivity (Wildman–Crippen MR) is 112 cm³/mol. The van der Waals surface area contributed by atoms with Crippen molar-refractivity contribution in [3.63, 3.8) is 0 Å². The first-order valence-corrected chi connectivity index (χ1v) is 11.3. The van der Waals surface area contributed by atoms with Gasteiger partial charge in [-0.05, 0) is 44.5 Å². The van der Waals surface area contributed by atoms with E-state index in [-0.39, 0.29) is 5.25 Å². The number of benzene rings is 1. The van der Waals surface area contributed by atoms with Crippen molar-refractivity contribution in [2.24, 2.45) is 5.73 Å². The number of hydrogen-bond donors (Lipinski definition) is 4. The van der Waals surface area contributed by atoms with Gasteiger partial charge in [0.1, 0.15) is 29.9 Å². The highest BCUT2D eigenvalue weighted by atomic mass is 32.2. The van der Waals surface area contributed by atoms with Crippen LogP contribution in [0.5, 0.6) is 0 Å². The molecule has 8 heteroatoms. The van der Waals surface area contributed by atoms with Gasteiger partial charge in [-0.1, -0.05) is 19.1 Å². The highest BCUT2D eigenvalue weighted by Gasteiger charge is 2.46. The summed E-state index contributed by atoms with van der Waals surface area (Å²) in [6.45, 7) is 2.99. The maximum absolute atomic E-state index is 10.3. The van der Waals surface area contributed by atoms with Gasteiger partial charge in [0.2, 0.25) is 0 Å². The van der Waals surface area contributed by atoms with Crippen LogP contribution >= 0.6 is 23.5 Å². The molecule has 27 heavy (non-hydrogen) atoms. The van der Waals surface area contributed by atoms with E-state index in [4.69, 9.17) is 10.5 Å². The smallest absolute Gasteiger partial charge is 0.132 e. The zero-order valence-electron chi connectivity index (χ0n) is 16.4. The van der Waals surface area contributed by atoms with Crippen LogP contribution in [0.3, 0.4) is 0 Å². The van der Waals surface area contributed by atoms with Gasteiger partial charge >= 0.3 is 0 Å². The number of aliphatic hydroxyl groups excluding tert-OH is 3. The van der Waals surface area contributed by atoms with Crippen LogP contribution in [0.25, 0.3) is 0 Å². The average Bonchev–Trinajstić information content (AvgIpc) is 2.65. The minimum atomic E-state index is -1.26. The minimum Gasteiger partial charge on any atom is -0.388 e. The number of nitrogens with zero attached hydrogens (tertiary/aromatic N) is 1. The summed E-state index contributed by atoms with van der Waals surface area (Å²) in [4.78, 5) is 3.26. The zero-order chi connectivity index (χ0) is 20.1. The molecule has 0 saturated carbocycles. The van der Waals surface area contributed by atoms with Gasteiger partial charge < -0.3 is 30.7 Å². The molecule has 2 rings (SSSR count). The molecular formula is C19H32N2O4S2. The largest absolute Gasteiger partial charge is 0.388 e. The Labute approximate surface area is 170 Å². The summed E-state index contributed by atoms with van der Waals surface area (Å²) in [5, 5.41) is 30.3. The van der Waals surface area contributed by atoms with Gasteiger partial charge in [-0.2, -0.15) is 0 Å². The van der Waals surface area contributed by atoms with Crippen LogP contribution in [0.2, 0.25) is 0 Å². The normalized spacial score (nSPS) is 31.1. The van der Waals surface area contributed by atoms with E-state index >= 15 is 0 Å². The first-order valence-electron chi connectivity index (χ1n) is 9.13. The Bertz CT molecular complexity index is 573. The molecule has 1 aliphatic heterocycles. The van der Waals surface area contributed by atoms with Crippen molar-refractivity contribution >= 4 is 23.5 Å². The summed E-state index contributed by atoms with van der Waals surface area (Å²) < 4.78 is 5.78. The molecule has 1 heterocycles. The lowest BCUT2D eigenvalue weighted by atomic mass is 9.94. The summed E-state index contributed by atoms with van der Waals surface area (Å²) in [6, 6.07) is 7.93. The summed E-state index contributed by atoms with van der Waals surface area (Å²) in [5.41, 5.74) is 7.04. The van der Waals surface area contributed by atoms with Crippen LogP contribution in [0.4, 0.5) is 0 Å². The van der Waals surface area contributed by atoms with Gasteiger partial charge in [0, 0.05) is 22.7 Å². The van der Waals surface area contributed by atoms with Gasteiger partial charge in [-0.15, -0.1) is 23.5 Å². The van der Waals surface area contributed by atoms with Gasteiger partial charge in [-0.3, -0.25) is 0 Å². The number of thioether (sulfide) groups is 2. The highest BCUT2D eigenvalue weighted by Crippen LogP contribution is 2.32. The standard InChI is InChI=1S/C19H32N2O4S2/c1-11(27-13-7-5-12(6-8-13)9-10-21(2)3)14(20)18-16(23)15(22)17(24)19(25-18)26-4/h5-8,11,14-19,22-24H,9-10,20H2,1-4H3/t11-,14+,15-,16+,17+,18+,19+/m0/s1. The van der Waals surface area contributed by atoms with Crippen LogP contribution in [0, 0.1) is 0 Å². The van der Waals surface area contributed by atoms with E-state index in [9.17, 15) is 15.3 Å². The van der Waals surface area contributed by atoms with Crippen molar-refractivity contribution in [3.8, 4) is 0 Å². The van der Waals surface area contributed by atoms with Crippen LogP contribution in [0.15, 0.2) is 29.2 Å². The second-order valence-electron chi connectivity index (χ2n) is 7.27. The molecule has 1 aromatic carbocycles. The lowest BCUT2D eigenvalue weighted by molar-refractivity contribution is -0.202. The summed E-state index contributed by atoms with van der Waals surface area (Å²) in [5.74, 6) is 0. The van der Waals surface area contributed by atoms with Crippen molar-refractivity contribution in [2.75, 3.05) is 26.9 Å². The van der Waals surface area contributed by atoms with E-state index in [1.807, 2.05) is 6.92 Å². The van der Waals surface area contributed by atoms with Crippen molar-refractivity contribution in [3.05, 3.63) is 29.8 Å². The Morgan fingerprint density at radius 2 is 1.74 bits per heavy atom. The van der Waals surface area contributed by atoms with E-state index in [0.29, 0.717) is 0 Å². The lowest BCUT2D eigenvalue weighted by Crippen LogP contribution is -2.62. The molecule has 1 fully saturated rings. The zero-order valence-corrected chi connectivity index (χ0v) is 18.0. The average molecular weight is 417 g/mol. The first kappa shape index (κ1) is 23.0. The number of rotatable bonds is 8.